The van der Waals surface area contributed by atoms with Crippen molar-refractivity contribution >= 4 is 11.7 Å². The first-order chi connectivity index (χ1) is 9.68. The summed E-state index contributed by atoms with van der Waals surface area (Å²) in [5.74, 6) is 0.635. The number of para-hydroxylation sites is 1. The van der Waals surface area contributed by atoms with E-state index in [1.807, 2.05) is 37.3 Å². The molecule has 0 bridgehead atoms. The summed E-state index contributed by atoms with van der Waals surface area (Å²) >= 11 is 0. The first-order valence-corrected chi connectivity index (χ1v) is 7.47. The number of benzene rings is 1. The van der Waals surface area contributed by atoms with Crippen molar-refractivity contribution in [2.75, 3.05) is 11.4 Å². The molecular formula is C17H24N2O. The van der Waals surface area contributed by atoms with E-state index in [0.29, 0.717) is 5.92 Å². The topological polar surface area (TPSA) is 32.3 Å². The minimum absolute atomic E-state index is 0.0747. The average molecular weight is 272 g/mol. The second-order valence-electron chi connectivity index (χ2n) is 5.60. The van der Waals surface area contributed by atoms with Gasteiger partial charge < -0.3 is 5.32 Å². The number of nitrogens with zero attached hydrogens (tertiary/aromatic N) is 1. The highest BCUT2D eigenvalue weighted by Gasteiger charge is 2.19. The molecule has 0 unspecified atom stereocenters. The summed E-state index contributed by atoms with van der Waals surface area (Å²) in [6.07, 6.45) is 6.40. The summed E-state index contributed by atoms with van der Waals surface area (Å²) < 4.78 is 0. The van der Waals surface area contributed by atoms with Gasteiger partial charge in [0.25, 0.3) is 0 Å². The Labute approximate surface area is 121 Å². The maximum atomic E-state index is 12.4. The van der Waals surface area contributed by atoms with E-state index in [2.05, 4.69) is 11.9 Å². The molecule has 1 saturated carbocycles. The van der Waals surface area contributed by atoms with E-state index in [1.165, 1.54) is 32.1 Å². The number of urea groups is 1. The van der Waals surface area contributed by atoms with Gasteiger partial charge in [-0.15, -0.1) is 0 Å². The van der Waals surface area contributed by atoms with Crippen LogP contribution in [-0.4, -0.2) is 12.6 Å². The van der Waals surface area contributed by atoms with E-state index in [9.17, 15) is 4.79 Å². The highest BCUT2D eigenvalue weighted by atomic mass is 16.2. The Morgan fingerprint density at radius 2 is 1.90 bits per heavy atom. The molecule has 1 aliphatic carbocycles. The zero-order chi connectivity index (χ0) is 14.4. The molecule has 0 atom stereocenters. The number of carbonyl (C=O) groups is 1. The molecule has 1 aliphatic rings. The van der Waals surface area contributed by atoms with Crippen molar-refractivity contribution < 1.29 is 4.79 Å². The molecule has 1 fully saturated rings. The summed E-state index contributed by atoms with van der Waals surface area (Å²) in [6, 6.07) is 9.58. The van der Waals surface area contributed by atoms with Crippen LogP contribution in [0.2, 0.25) is 0 Å². The fourth-order valence-electron chi connectivity index (χ4n) is 2.79. The summed E-state index contributed by atoms with van der Waals surface area (Å²) in [5.41, 5.74) is 1.60. The SMILES string of the molecule is C=C(C)N(C(=O)NCC1CCCCC1)c1ccccc1. The standard InChI is InChI=1S/C17H24N2O/c1-14(2)19(16-11-7-4-8-12-16)17(20)18-13-15-9-5-3-6-10-15/h4,7-8,11-12,15H,1,3,5-6,9-10,13H2,2H3,(H,18,20). The molecule has 108 valence electrons. The Morgan fingerprint density at radius 1 is 1.25 bits per heavy atom. The minimum atomic E-state index is -0.0747. The molecule has 20 heavy (non-hydrogen) atoms. The minimum Gasteiger partial charge on any atom is -0.337 e. The van der Waals surface area contributed by atoms with Crippen molar-refractivity contribution in [3.05, 3.63) is 42.6 Å². The van der Waals surface area contributed by atoms with Gasteiger partial charge in [0, 0.05) is 12.2 Å². The molecule has 1 aromatic rings. The fourth-order valence-corrected chi connectivity index (χ4v) is 2.79. The summed E-state index contributed by atoms with van der Waals surface area (Å²) in [5, 5.41) is 3.06. The van der Waals surface area contributed by atoms with Crippen LogP contribution in [0.4, 0.5) is 10.5 Å². The molecule has 0 heterocycles. The first-order valence-electron chi connectivity index (χ1n) is 7.47. The predicted octanol–water partition coefficient (Wildman–Crippen LogP) is 4.32. The van der Waals surface area contributed by atoms with Gasteiger partial charge in [0.1, 0.15) is 0 Å². The largest absolute Gasteiger partial charge is 0.337 e. The van der Waals surface area contributed by atoms with Crippen LogP contribution < -0.4 is 10.2 Å². The maximum absolute atomic E-state index is 12.4. The molecule has 0 aromatic heterocycles. The van der Waals surface area contributed by atoms with Crippen molar-refractivity contribution in [3.8, 4) is 0 Å². The Bertz CT molecular complexity index is 449. The van der Waals surface area contributed by atoms with Crippen LogP contribution in [0.5, 0.6) is 0 Å². The van der Waals surface area contributed by atoms with E-state index in [0.717, 1.165) is 17.9 Å². The van der Waals surface area contributed by atoms with Crippen LogP contribution in [-0.2, 0) is 0 Å². The number of hydrogen-bond acceptors (Lipinski definition) is 1. The van der Waals surface area contributed by atoms with E-state index in [1.54, 1.807) is 4.90 Å². The van der Waals surface area contributed by atoms with Crippen LogP contribution in [0.3, 0.4) is 0 Å². The lowest BCUT2D eigenvalue weighted by molar-refractivity contribution is 0.243. The molecule has 0 radical (unpaired) electrons. The molecule has 0 aliphatic heterocycles. The lowest BCUT2D eigenvalue weighted by Gasteiger charge is -2.26. The van der Waals surface area contributed by atoms with E-state index in [4.69, 9.17) is 0 Å². The van der Waals surface area contributed by atoms with Crippen LogP contribution in [0.25, 0.3) is 0 Å². The summed E-state index contributed by atoms with van der Waals surface area (Å²) in [6.45, 7) is 6.54. The lowest BCUT2D eigenvalue weighted by atomic mass is 9.89. The number of rotatable bonds is 4. The monoisotopic (exact) mass is 272 g/mol. The van der Waals surface area contributed by atoms with E-state index >= 15 is 0 Å². The van der Waals surface area contributed by atoms with Crippen molar-refractivity contribution in [2.24, 2.45) is 5.92 Å². The van der Waals surface area contributed by atoms with Crippen LogP contribution in [0.1, 0.15) is 39.0 Å². The zero-order valence-corrected chi connectivity index (χ0v) is 12.3. The van der Waals surface area contributed by atoms with Gasteiger partial charge in [-0.1, -0.05) is 44.0 Å². The van der Waals surface area contributed by atoms with Gasteiger partial charge >= 0.3 is 6.03 Å². The third-order valence-electron chi connectivity index (χ3n) is 3.87. The molecule has 3 nitrogen and oxygen atoms in total. The molecular weight excluding hydrogens is 248 g/mol. The number of anilines is 1. The summed E-state index contributed by atoms with van der Waals surface area (Å²) in [7, 11) is 0. The van der Waals surface area contributed by atoms with E-state index in [-0.39, 0.29) is 6.03 Å². The predicted molar refractivity (Wildman–Crippen MR) is 83.7 cm³/mol. The second kappa shape index (κ2) is 7.13. The van der Waals surface area contributed by atoms with Gasteiger partial charge in [-0.2, -0.15) is 0 Å². The Kier molecular flexibility index (Phi) is 5.22. The molecule has 1 aromatic carbocycles. The average Bonchev–Trinajstić information content (AvgIpc) is 2.47. The molecule has 0 spiro atoms. The third-order valence-corrected chi connectivity index (χ3v) is 3.87. The van der Waals surface area contributed by atoms with Gasteiger partial charge in [0.2, 0.25) is 0 Å². The number of hydrogen-bond donors (Lipinski definition) is 1. The zero-order valence-electron chi connectivity index (χ0n) is 12.3. The van der Waals surface area contributed by atoms with E-state index < -0.39 is 0 Å². The Hall–Kier alpha value is -1.77. The Balaban J connectivity index is 1.95. The molecule has 1 N–H and O–H groups in total. The van der Waals surface area contributed by atoms with Crippen LogP contribution in [0, 0.1) is 5.92 Å². The quantitative estimate of drug-likeness (QED) is 0.870. The highest BCUT2D eigenvalue weighted by Crippen LogP contribution is 2.23. The maximum Gasteiger partial charge on any atom is 0.326 e. The van der Waals surface area contributed by atoms with Gasteiger partial charge in [-0.3, -0.25) is 4.90 Å². The van der Waals surface area contributed by atoms with Crippen molar-refractivity contribution in [1.82, 2.24) is 5.32 Å². The highest BCUT2D eigenvalue weighted by molar-refractivity contribution is 5.94. The van der Waals surface area contributed by atoms with Gasteiger partial charge in [0.15, 0.2) is 0 Å². The fraction of sp³-hybridized carbons (Fsp3) is 0.471. The van der Waals surface area contributed by atoms with Crippen LogP contribution >= 0.6 is 0 Å². The van der Waals surface area contributed by atoms with Crippen LogP contribution in [0.15, 0.2) is 42.6 Å². The molecule has 2 rings (SSSR count). The number of allylic oxidation sites excluding steroid dienone is 1. The number of carbonyl (C=O) groups excluding carboxylic acids is 1. The van der Waals surface area contributed by atoms with Crippen molar-refractivity contribution in [2.45, 2.75) is 39.0 Å². The van der Waals surface area contributed by atoms with Gasteiger partial charge in [-0.25, -0.2) is 4.79 Å². The van der Waals surface area contributed by atoms with Gasteiger partial charge in [0.05, 0.1) is 5.69 Å². The number of nitrogens with one attached hydrogen (secondary N) is 1. The van der Waals surface area contributed by atoms with Gasteiger partial charge in [-0.05, 0) is 37.8 Å². The molecule has 0 saturated heterocycles. The Morgan fingerprint density at radius 3 is 2.50 bits per heavy atom. The lowest BCUT2D eigenvalue weighted by Crippen LogP contribution is -2.41. The molecule has 3 heteroatoms. The smallest absolute Gasteiger partial charge is 0.326 e. The summed E-state index contributed by atoms with van der Waals surface area (Å²) in [4.78, 5) is 14.0. The second-order valence-corrected chi connectivity index (χ2v) is 5.60. The third kappa shape index (κ3) is 3.86. The normalized spacial score (nSPS) is 15.7. The molecule has 2 amide bonds. The van der Waals surface area contributed by atoms with Crippen molar-refractivity contribution in [1.29, 1.82) is 0 Å². The van der Waals surface area contributed by atoms with Crippen molar-refractivity contribution in [3.63, 3.8) is 0 Å². The number of amides is 2. The first kappa shape index (κ1) is 14.6.